The van der Waals surface area contributed by atoms with Crippen molar-refractivity contribution < 1.29 is 28.7 Å². The standard InChI is InChI=1S/C46H51ClN8O6/c1-22(2)37(51-45(58)60-5)43(56)54-33-17-30(33)19-35(54)41-48-21-32(49-41)25-9-7-24(8-10-25)26-11-12-28-16-29(14-13-27(28)15-26)39-40(47)53-42(50-39)36-20-31-18-34(31)55(36)44(57)38(23(3)4)52-46(59)61-6/h7-16,21-23,30-31,33-38H,17-20H2,1-6H3,(H,48,49)(H,50,53)(H,51,58)(H,52,59)/t30-,31-,33-,34-,35+,36+,37+,38+/m1/s1. The lowest BCUT2D eigenvalue weighted by molar-refractivity contribution is -0.137. The van der Waals surface area contributed by atoms with Crippen molar-refractivity contribution >= 4 is 46.4 Å². The molecule has 4 aliphatic rings. The van der Waals surface area contributed by atoms with Crippen LogP contribution in [0.5, 0.6) is 0 Å². The van der Waals surface area contributed by atoms with Gasteiger partial charge in [0.15, 0.2) is 0 Å². The lowest BCUT2D eigenvalue weighted by Gasteiger charge is -2.31. The minimum atomic E-state index is -0.714. The number of likely N-dealkylation sites (tertiary alicyclic amines) is 2. The first-order chi connectivity index (χ1) is 29.3. The van der Waals surface area contributed by atoms with Crippen LogP contribution in [0.1, 0.15) is 77.1 Å². The maximum absolute atomic E-state index is 13.9. The van der Waals surface area contributed by atoms with Crippen molar-refractivity contribution in [1.29, 1.82) is 0 Å². The van der Waals surface area contributed by atoms with E-state index in [1.165, 1.54) is 14.2 Å². The predicted octanol–water partition coefficient (Wildman–Crippen LogP) is 8.03. The number of aromatic amines is 2. The maximum Gasteiger partial charge on any atom is 0.407 e. The normalized spacial score (nSPS) is 23.4. The number of nitrogens with one attached hydrogen (secondary N) is 4. The number of carbonyl (C=O) groups excluding carboxylic acids is 4. The molecule has 318 valence electrons. The van der Waals surface area contributed by atoms with Gasteiger partial charge >= 0.3 is 12.2 Å². The number of carbonyl (C=O) groups is 4. The highest BCUT2D eigenvalue weighted by molar-refractivity contribution is 6.32. The molecule has 3 aromatic carbocycles. The van der Waals surface area contributed by atoms with Crippen LogP contribution in [-0.4, -0.2) is 92.1 Å². The highest BCUT2D eigenvalue weighted by Gasteiger charge is 2.57. The average Bonchev–Trinajstić information content (AvgIpc) is 3.90. The number of H-pyrrole nitrogens is 2. The Hall–Kier alpha value is -5.89. The van der Waals surface area contributed by atoms with E-state index < -0.39 is 24.3 Å². The van der Waals surface area contributed by atoms with E-state index in [4.69, 9.17) is 31.0 Å². The molecule has 2 saturated heterocycles. The van der Waals surface area contributed by atoms with Crippen LogP contribution in [0.3, 0.4) is 0 Å². The summed E-state index contributed by atoms with van der Waals surface area (Å²) in [4.78, 5) is 72.2. The van der Waals surface area contributed by atoms with Crippen LogP contribution in [-0.2, 0) is 19.1 Å². The molecule has 0 bridgehead atoms. The summed E-state index contributed by atoms with van der Waals surface area (Å²) in [6.45, 7) is 7.65. The van der Waals surface area contributed by atoms with Crippen molar-refractivity contribution in [3.8, 4) is 33.6 Å². The molecule has 2 saturated carbocycles. The molecule has 0 unspecified atom stereocenters. The number of fused-ring (bicyclic) bond motifs is 3. The summed E-state index contributed by atoms with van der Waals surface area (Å²) < 4.78 is 9.61. The van der Waals surface area contributed by atoms with Gasteiger partial charge in [0.25, 0.3) is 0 Å². The van der Waals surface area contributed by atoms with Gasteiger partial charge in [0.05, 0.1) is 38.2 Å². The molecule has 14 nitrogen and oxygen atoms in total. The molecule has 15 heteroatoms. The van der Waals surface area contributed by atoms with E-state index in [2.05, 4.69) is 75.2 Å². The molecule has 0 radical (unpaired) electrons. The number of benzene rings is 3. The zero-order chi connectivity index (χ0) is 42.9. The lowest BCUT2D eigenvalue weighted by Crippen LogP contribution is -2.52. The second-order valence-electron chi connectivity index (χ2n) is 17.7. The van der Waals surface area contributed by atoms with Crippen molar-refractivity contribution in [3.05, 3.63) is 83.7 Å². The summed E-state index contributed by atoms with van der Waals surface area (Å²) in [5, 5.41) is 7.98. The molecule has 61 heavy (non-hydrogen) atoms. The van der Waals surface area contributed by atoms with E-state index in [9.17, 15) is 19.2 Å². The molecular formula is C46H51ClN8O6. The summed E-state index contributed by atoms with van der Waals surface area (Å²) in [6.07, 6.45) is 4.12. The zero-order valence-electron chi connectivity index (χ0n) is 35.1. The smallest absolute Gasteiger partial charge is 0.407 e. The number of amides is 4. The Labute approximate surface area is 359 Å². The molecule has 8 atom stereocenters. The Balaban J connectivity index is 0.893. The van der Waals surface area contributed by atoms with Crippen LogP contribution in [0.4, 0.5) is 9.59 Å². The molecule has 4 fully saturated rings. The van der Waals surface area contributed by atoms with E-state index in [-0.39, 0.29) is 47.8 Å². The first-order valence-corrected chi connectivity index (χ1v) is 21.5. The number of methoxy groups -OCH3 is 2. The first kappa shape index (κ1) is 40.5. The quantitative estimate of drug-likeness (QED) is 0.103. The Morgan fingerprint density at radius 2 is 1.16 bits per heavy atom. The Bertz CT molecular complexity index is 2520. The van der Waals surface area contributed by atoms with Gasteiger partial charge in [-0.25, -0.2) is 19.6 Å². The maximum atomic E-state index is 13.9. The third-order valence-electron chi connectivity index (χ3n) is 13.0. The molecule has 4 N–H and O–H groups in total. The summed E-state index contributed by atoms with van der Waals surface area (Å²) in [5.41, 5.74) is 5.48. The number of alkyl carbamates (subject to hydrolysis) is 2. The SMILES string of the molecule is COC(=O)N[C@H](C(=O)N1[C@@H]2C[C@@H]2C[C@H]1c1ncc(-c2ccc(-c3ccc4cc(-c5nc([C@@H]6C[C@H]7C[C@H]7N6C(=O)[C@@H](NC(=O)OC)C(C)C)[nH]c5Cl)ccc4c3)cc2)[nH]1)C(C)C. The number of halogens is 1. The van der Waals surface area contributed by atoms with E-state index in [0.717, 1.165) is 70.2 Å². The Kier molecular flexibility index (Phi) is 10.5. The molecule has 2 aromatic heterocycles. The topological polar surface area (TPSA) is 175 Å². The second kappa shape index (κ2) is 15.9. The second-order valence-corrected chi connectivity index (χ2v) is 18.0. The number of imidazole rings is 2. The molecule has 4 heterocycles. The van der Waals surface area contributed by atoms with Gasteiger partial charge in [-0.15, -0.1) is 0 Å². The van der Waals surface area contributed by atoms with Crippen LogP contribution in [0, 0.1) is 23.7 Å². The predicted molar refractivity (Wildman–Crippen MR) is 230 cm³/mol. The molecular weight excluding hydrogens is 796 g/mol. The Morgan fingerprint density at radius 3 is 1.70 bits per heavy atom. The summed E-state index contributed by atoms with van der Waals surface area (Å²) >= 11 is 6.82. The molecule has 4 amide bonds. The van der Waals surface area contributed by atoms with Gasteiger partial charge in [0.2, 0.25) is 11.8 Å². The fraction of sp³-hybridized carbons (Fsp3) is 0.435. The molecule has 2 aliphatic carbocycles. The van der Waals surface area contributed by atoms with Crippen LogP contribution < -0.4 is 10.6 Å². The molecule has 0 spiro atoms. The van der Waals surface area contributed by atoms with Crippen molar-refractivity contribution in [2.45, 2.75) is 89.6 Å². The highest BCUT2D eigenvalue weighted by atomic mass is 35.5. The minimum Gasteiger partial charge on any atom is -0.453 e. The summed E-state index contributed by atoms with van der Waals surface area (Å²) in [7, 11) is 2.59. The van der Waals surface area contributed by atoms with E-state index >= 15 is 0 Å². The fourth-order valence-corrected chi connectivity index (χ4v) is 9.79. The van der Waals surface area contributed by atoms with Crippen molar-refractivity contribution in [3.63, 3.8) is 0 Å². The van der Waals surface area contributed by atoms with Gasteiger partial charge in [-0.1, -0.05) is 87.8 Å². The fourth-order valence-electron chi connectivity index (χ4n) is 9.54. The number of hydrogen-bond donors (Lipinski definition) is 4. The molecule has 5 aromatic rings. The van der Waals surface area contributed by atoms with Crippen LogP contribution in [0.25, 0.3) is 44.4 Å². The minimum absolute atomic E-state index is 0.103. The number of rotatable bonds is 11. The number of piperidine rings is 2. The van der Waals surface area contributed by atoms with Gasteiger partial charge in [-0.2, -0.15) is 0 Å². The zero-order valence-corrected chi connectivity index (χ0v) is 35.8. The van der Waals surface area contributed by atoms with Crippen LogP contribution in [0.15, 0.2) is 66.9 Å². The van der Waals surface area contributed by atoms with Gasteiger partial charge in [-0.05, 0) is 89.0 Å². The van der Waals surface area contributed by atoms with Crippen molar-refractivity contribution in [2.75, 3.05) is 14.2 Å². The number of hydrogen-bond acceptors (Lipinski definition) is 8. The van der Waals surface area contributed by atoms with Crippen molar-refractivity contribution in [2.24, 2.45) is 23.7 Å². The highest BCUT2D eigenvalue weighted by Crippen LogP contribution is 2.55. The third kappa shape index (κ3) is 7.59. The number of nitrogens with zero attached hydrogens (tertiary/aromatic N) is 4. The average molecular weight is 847 g/mol. The van der Waals surface area contributed by atoms with Gasteiger partial charge in [-0.3, -0.25) is 9.59 Å². The van der Waals surface area contributed by atoms with Crippen LogP contribution in [0.2, 0.25) is 5.15 Å². The van der Waals surface area contributed by atoms with E-state index in [0.29, 0.717) is 28.5 Å². The number of aromatic nitrogens is 4. The summed E-state index contributed by atoms with van der Waals surface area (Å²) in [5.74, 6) is 1.76. The largest absolute Gasteiger partial charge is 0.453 e. The van der Waals surface area contributed by atoms with Gasteiger partial charge in [0.1, 0.15) is 34.6 Å². The molecule has 2 aliphatic heterocycles. The monoisotopic (exact) mass is 846 g/mol. The summed E-state index contributed by atoms with van der Waals surface area (Å²) in [6, 6.07) is 19.3. The lowest BCUT2D eigenvalue weighted by atomic mass is 9.98. The number of ether oxygens (including phenoxy) is 2. The van der Waals surface area contributed by atoms with E-state index in [1.807, 2.05) is 49.8 Å². The molecule has 9 rings (SSSR count). The van der Waals surface area contributed by atoms with E-state index in [1.54, 1.807) is 0 Å². The Morgan fingerprint density at radius 1 is 0.672 bits per heavy atom. The van der Waals surface area contributed by atoms with Gasteiger partial charge in [0, 0.05) is 17.6 Å². The van der Waals surface area contributed by atoms with Crippen LogP contribution >= 0.6 is 11.6 Å². The third-order valence-corrected chi connectivity index (χ3v) is 13.3. The first-order valence-electron chi connectivity index (χ1n) is 21.1. The van der Waals surface area contributed by atoms with Gasteiger partial charge < -0.3 is 39.9 Å². The van der Waals surface area contributed by atoms with Crippen molar-refractivity contribution in [1.82, 2.24) is 40.4 Å².